The lowest BCUT2D eigenvalue weighted by atomic mass is 10.2. The summed E-state index contributed by atoms with van der Waals surface area (Å²) in [6.07, 6.45) is 0.374. The quantitative estimate of drug-likeness (QED) is 0.603. The Kier molecular flexibility index (Phi) is 5.11. The van der Waals surface area contributed by atoms with Crippen LogP contribution in [0.5, 0.6) is 0 Å². The van der Waals surface area contributed by atoms with Crippen LogP contribution in [0.4, 0.5) is 4.39 Å². The highest BCUT2D eigenvalue weighted by atomic mass is 32.2. The Bertz CT molecular complexity index is 619. The molecule has 10 heteroatoms. The SMILES string of the molecule is NC(=O)CC[C@@H](NS(=O)(=O)c1ncccc1F)C(=O)O. The molecule has 0 aliphatic rings. The number of carbonyl (C=O) groups is 2. The molecular formula is C10H12FN3O5S. The number of rotatable bonds is 7. The van der Waals surface area contributed by atoms with E-state index in [0.717, 1.165) is 12.3 Å². The van der Waals surface area contributed by atoms with Crippen LogP contribution in [-0.2, 0) is 19.6 Å². The number of pyridine rings is 1. The number of nitrogens with two attached hydrogens (primary N) is 1. The van der Waals surface area contributed by atoms with Crippen molar-refractivity contribution in [2.45, 2.75) is 23.9 Å². The van der Waals surface area contributed by atoms with E-state index < -0.39 is 38.8 Å². The first kappa shape index (κ1) is 16.0. The topological polar surface area (TPSA) is 139 Å². The van der Waals surface area contributed by atoms with Gasteiger partial charge in [-0.25, -0.2) is 17.8 Å². The molecule has 0 aromatic carbocycles. The minimum Gasteiger partial charge on any atom is -0.480 e. The number of nitrogens with zero attached hydrogens (tertiary/aromatic N) is 1. The van der Waals surface area contributed by atoms with E-state index in [-0.39, 0.29) is 12.8 Å². The fraction of sp³-hybridized carbons (Fsp3) is 0.300. The molecule has 110 valence electrons. The van der Waals surface area contributed by atoms with Gasteiger partial charge < -0.3 is 10.8 Å². The lowest BCUT2D eigenvalue weighted by Gasteiger charge is -2.13. The van der Waals surface area contributed by atoms with Crippen molar-refractivity contribution in [1.29, 1.82) is 0 Å². The smallest absolute Gasteiger partial charge is 0.321 e. The van der Waals surface area contributed by atoms with Gasteiger partial charge in [-0.3, -0.25) is 9.59 Å². The van der Waals surface area contributed by atoms with Gasteiger partial charge >= 0.3 is 5.97 Å². The van der Waals surface area contributed by atoms with Gasteiger partial charge in [-0.05, 0) is 18.6 Å². The van der Waals surface area contributed by atoms with Crippen LogP contribution in [0.1, 0.15) is 12.8 Å². The molecule has 0 fully saturated rings. The number of halogens is 1. The number of nitrogens with one attached hydrogen (secondary N) is 1. The van der Waals surface area contributed by atoms with Gasteiger partial charge in [0.2, 0.25) is 10.9 Å². The van der Waals surface area contributed by atoms with Gasteiger partial charge in [0, 0.05) is 12.6 Å². The predicted molar refractivity (Wildman–Crippen MR) is 64.4 cm³/mol. The maximum absolute atomic E-state index is 13.3. The van der Waals surface area contributed by atoms with Crippen LogP contribution in [0.25, 0.3) is 0 Å². The summed E-state index contributed by atoms with van der Waals surface area (Å²) < 4.78 is 38.8. The summed E-state index contributed by atoms with van der Waals surface area (Å²) in [6.45, 7) is 0. The standard InChI is InChI=1S/C10H12FN3O5S/c11-6-2-1-5-13-9(6)20(18,19)14-7(10(16)17)3-4-8(12)15/h1-2,5,7,14H,3-4H2,(H2,12,15)(H,16,17)/t7-/m1/s1. The zero-order valence-corrected chi connectivity index (χ0v) is 10.9. The second kappa shape index (κ2) is 6.39. The van der Waals surface area contributed by atoms with E-state index in [0.29, 0.717) is 0 Å². The largest absolute Gasteiger partial charge is 0.480 e. The minimum atomic E-state index is -4.45. The van der Waals surface area contributed by atoms with E-state index in [1.54, 1.807) is 4.72 Å². The Morgan fingerprint density at radius 3 is 2.65 bits per heavy atom. The second-order valence-corrected chi connectivity index (χ2v) is 5.44. The molecule has 1 rings (SSSR count). The van der Waals surface area contributed by atoms with E-state index in [9.17, 15) is 22.4 Å². The maximum atomic E-state index is 13.3. The van der Waals surface area contributed by atoms with E-state index in [4.69, 9.17) is 10.8 Å². The summed E-state index contributed by atoms with van der Waals surface area (Å²) in [7, 11) is -4.45. The van der Waals surface area contributed by atoms with Gasteiger partial charge in [0.15, 0.2) is 5.82 Å². The van der Waals surface area contributed by atoms with Gasteiger partial charge in [-0.15, -0.1) is 0 Å². The molecular weight excluding hydrogens is 293 g/mol. The average molecular weight is 305 g/mol. The van der Waals surface area contributed by atoms with Crippen LogP contribution in [0.2, 0.25) is 0 Å². The monoisotopic (exact) mass is 305 g/mol. The van der Waals surface area contributed by atoms with Crippen LogP contribution in [0.15, 0.2) is 23.4 Å². The number of amides is 1. The van der Waals surface area contributed by atoms with Crippen molar-refractivity contribution in [2.24, 2.45) is 5.73 Å². The Morgan fingerprint density at radius 2 is 2.15 bits per heavy atom. The molecule has 0 saturated carbocycles. The third-order valence-electron chi connectivity index (χ3n) is 2.25. The number of aliphatic carboxylic acids is 1. The Hall–Kier alpha value is -2.07. The zero-order chi connectivity index (χ0) is 15.3. The molecule has 0 radical (unpaired) electrons. The van der Waals surface area contributed by atoms with Crippen molar-refractivity contribution in [3.63, 3.8) is 0 Å². The van der Waals surface area contributed by atoms with Crippen molar-refractivity contribution in [1.82, 2.24) is 9.71 Å². The van der Waals surface area contributed by atoms with Gasteiger partial charge in [-0.2, -0.15) is 4.72 Å². The minimum absolute atomic E-state index is 0.329. The van der Waals surface area contributed by atoms with Gasteiger partial charge in [0.25, 0.3) is 10.0 Å². The molecule has 0 unspecified atom stereocenters. The summed E-state index contributed by atoms with van der Waals surface area (Å²) in [5.41, 5.74) is 4.86. The highest BCUT2D eigenvalue weighted by Gasteiger charge is 2.28. The van der Waals surface area contributed by atoms with E-state index in [2.05, 4.69) is 4.98 Å². The van der Waals surface area contributed by atoms with Crippen LogP contribution >= 0.6 is 0 Å². The summed E-state index contributed by atoms with van der Waals surface area (Å²) in [5.74, 6) is -3.40. The highest BCUT2D eigenvalue weighted by molar-refractivity contribution is 7.89. The van der Waals surface area contributed by atoms with Crippen molar-refractivity contribution >= 4 is 21.9 Å². The van der Waals surface area contributed by atoms with Crippen molar-refractivity contribution in [3.05, 3.63) is 24.1 Å². The fourth-order valence-corrected chi connectivity index (χ4v) is 2.56. The van der Waals surface area contributed by atoms with E-state index in [1.807, 2.05) is 0 Å². The lowest BCUT2D eigenvalue weighted by Crippen LogP contribution is -2.41. The number of hydrogen-bond acceptors (Lipinski definition) is 5. The van der Waals surface area contributed by atoms with E-state index >= 15 is 0 Å². The van der Waals surface area contributed by atoms with Crippen LogP contribution in [0, 0.1) is 5.82 Å². The molecule has 0 saturated heterocycles. The molecule has 1 amide bonds. The summed E-state index contributed by atoms with van der Waals surface area (Å²) in [5, 5.41) is 7.96. The van der Waals surface area contributed by atoms with Gasteiger partial charge in [0.1, 0.15) is 6.04 Å². The summed E-state index contributed by atoms with van der Waals surface area (Å²) in [4.78, 5) is 24.9. The number of carboxylic acid groups (broad SMARTS) is 1. The molecule has 1 atom stereocenters. The molecule has 0 aliphatic carbocycles. The predicted octanol–water partition coefficient (Wildman–Crippen LogP) is -0.782. The molecule has 1 aromatic heterocycles. The first-order valence-corrected chi connectivity index (χ1v) is 6.86. The molecule has 8 nitrogen and oxygen atoms in total. The molecule has 20 heavy (non-hydrogen) atoms. The maximum Gasteiger partial charge on any atom is 0.321 e. The average Bonchev–Trinajstić information content (AvgIpc) is 2.34. The first-order valence-electron chi connectivity index (χ1n) is 5.38. The van der Waals surface area contributed by atoms with E-state index in [1.165, 1.54) is 6.07 Å². The highest BCUT2D eigenvalue weighted by Crippen LogP contribution is 2.11. The van der Waals surface area contributed by atoms with Crippen LogP contribution < -0.4 is 10.5 Å². The molecule has 0 bridgehead atoms. The molecule has 4 N–H and O–H groups in total. The number of carbonyl (C=O) groups excluding carboxylic acids is 1. The summed E-state index contributed by atoms with van der Waals surface area (Å²) in [6, 6.07) is 0.463. The Morgan fingerprint density at radius 1 is 1.50 bits per heavy atom. The third-order valence-corrected chi connectivity index (χ3v) is 3.66. The van der Waals surface area contributed by atoms with Crippen LogP contribution in [0.3, 0.4) is 0 Å². The number of carboxylic acids is 1. The second-order valence-electron chi connectivity index (χ2n) is 3.81. The van der Waals surface area contributed by atoms with Gasteiger partial charge in [0.05, 0.1) is 0 Å². The zero-order valence-electron chi connectivity index (χ0n) is 10.1. The van der Waals surface area contributed by atoms with Crippen molar-refractivity contribution < 1.29 is 27.5 Å². The normalized spacial score (nSPS) is 12.8. The number of aromatic nitrogens is 1. The first-order chi connectivity index (χ1) is 9.24. The molecule has 0 aliphatic heterocycles. The van der Waals surface area contributed by atoms with Crippen molar-refractivity contribution in [3.8, 4) is 0 Å². The van der Waals surface area contributed by atoms with Crippen LogP contribution in [-0.4, -0.2) is 36.4 Å². The molecule has 1 aromatic rings. The number of primary amides is 1. The third kappa shape index (κ3) is 4.24. The van der Waals surface area contributed by atoms with Crippen molar-refractivity contribution in [2.75, 3.05) is 0 Å². The lowest BCUT2D eigenvalue weighted by molar-refractivity contribution is -0.139. The number of hydrogen-bond donors (Lipinski definition) is 3. The fourth-order valence-electron chi connectivity index (χ4n) is 1.33. The molecule has 1 heterocycles. The summed E-state index contributed by atoms with van der Waals surface area (Å²) >= 11 is 0. The number of sulfonamides is 1. The Balaban J connectivity index is 2.95. The Labute approximate surface area is 113 Å². The van der Waals surface area contributed by atoms with Gasteiger partial charge in [-0.1, -0.05) is 0 Å². The molecule has 0 spiro atoms.